The number of carbonyl (C=O) groups excluding carboxylic acids is 18. The van der Waals surface area contributed by atoms with E-state index in [0.717, 1.165) is 6.92 Å². The lowest BCUT2D eigenvalue weighted by atomic mass is 9.84. The molecular formula is C95H152N28O24. The molecule has 0 spiro atoms. The van der Waals surface area contributed by atoms with Crippen LogP contribution in [0.5, 0.6) is 17.2 Å². The fourth-order valence-corrected chi connectivity index (χ4v) is 15.3. The van der Waals surface area contributed by atoms with E-state index in [1.165, 1.54) is 93.4 Å². The van der Waals surface area contributed by atoms with Crippen molar-refractivity contribution in [1.29, 1.82) is 16.2 Å². The second kappa shape index (κ2) is 61.8. The van der Waals surface area contributed by atoms with Crippen LogP contribution in [-0.4, -0.2) is 290 Å². The molecule has 52 nitrogen and oxygen atoms in total. The SMILES string of the molecule is CC[C@H](C)[C@H](NC(=O)[C@H](Cc1ccc(O)cc1)NC(=O)[C@H](CC(N)=O)NC(=O)[C@H](CCCNC(=N)N)NC(=O)[C@@H](NC(=O)[C@H](C)NC(=O)[C@@H](N(C)C(=O)[C@@H](N)Cc1ccc(O)cc1)C(C)(C)C)C(C)C)C(=O)N[C@@H](CC(N)=O)C(=O)N[C@@H](CC(C)C)C(=O)N[C@H](C(=O)N[C@H](C(=O)N[C@@H](CCCNC(=N)N)C(=O)N[C@@H](CCC(N)=O)C(=O)N[C@@H](CCCNC(=N)N)C(=O)N[C@@H](Cc1ccc(O)cc1)C(=O)O)[C@@H](C)O)[C@@H](C)CC. The van der Waals surface area contributed by atoms with E-state index in [0.29, 0.717) is 11.1 Å². The van der Waals surface area contributed by atoms with Crippen molar-refractivity contribution in [3.63, 3.8) is 0 Å². The monoisotopic (exact) mass is 2070 g/mol. The lowest BCUT2D eigenvalue weighted by Gasteiger charge is -2.38. The van der Waals surface area contributed by atoms with Crippen molar-refractivity contribution in [3.8, 4) is 17.2 Å². The molecule has 52 heteroatoms. The number of hydrogen-bond acceptors (Lipinski definition) is 27. The Hall–Kier alpha value is -15.3. The lowest BCUT2D eigenvalue weighted by molar-refractivity contribution is -0.144. The molecule has 39 N–H and O–H groups in total. The van der Waals surface area contributed by atoms with Gasteiger partial charge in [0.15, 0.2) is 17.9 Å². The molecule has 3 rings (SSSR count). The number of nitrogens with two attached hydrogens (primary N) is 7. The molecule has 0 aliphatic carbocycles. The Kier molecular flexibility index (Phi) is 52.9. The molecule has 3 aromatic rings. The highest BCUT2D eigenvalue weighted by molar-refractivity contribution is 6.03. The molecule has 147 heavy (non-hydrogen) atoms. The van der Waals surface area contributed by atoms with Crippen LogP contribution in [-0.2, 0) is 110 Å². The van der Waals surface area contributed by atoms with Crippen LogP contribution in [0.15, 0.2) is 72.8 Å². The minimum Gasteiger partial charge on any atom is -0.508 e. The first-order valence-corrected chi connectivity index (χ1v) is 48.3. The Morgan fingerprint density at radius 2 is 0.660 bits per heavy atom. The number of aliphatic hydroxyl groups excluding tert-OH is 1. The number of nitrogens with zero attached hydrogens (tertiary/aromatic N) is 1. The van der Waals surface area contributed by atoms with Gasteiger partial charge in [-0.3, -0.25) is 103 Å². The van der Waals surface area contributed by atoms with Gasteiger partial charge in [-0.15, -0.1) is 0 Å². The number of primary amides is 3. The van der Waals surface area contributed by atoms with Gasteiger partial charge in [-0.1, -0.05) is 125 Å². The summed E-state index contributed by atoms with van der Waals surface area (Å²) in [6.07, 6.45) is -6.51. The quantitative estimate of drug-likeness (QED) is 0.0142. The summed E-state index contributed by atoms with van der Waals surface area (Å²) in [5.41, 5.74) is 40.1. The zero-order valence-corrected chi connectivity index (χ0v) is 85.5. The summed E-state index contributed by atoms with van der Waals surface area (Å²) in [5.74, 6) is -25.4. The van der Waals surface area contributed by atoms with E-state index in [1.807, 2.05) is 0 Å². The third-order valence-electron chi connectivity index (χ3n) is 23.7. The van der Waals surface area contributed by atoms with Crippen molar-refractivity contribution in [2.24, 2.45) is 69.2 Å². The molecule has 0 aliphatic heterocycles. The number of amides is 18. The van der Waals surface area contributed by atoms with Crippen molar-refractivity contribution >= 4 is 130 Å². The summed E-state index contributed by atoms with van der Waals surface area (Å²) in [6.45, 7) is 19.9. The Morgan fingerprint density at radius 1 is 0.361 bits per heavy atom. The summed E-state index contributed by atoms with van der Waals surface area (Å²) < 4.78 is 0. The minimum atomic E-state index is -1.98. The number of carboxylic acids is 1. The first kappa shape index (κ1) is 126. The predicted molar refractivity (Wildman–Crippen MR) is 538 cm³/mol. The number of benzene rings is 3. The van der Waals surface area contributed by atoms with Gasteiger partial charge in [0.2, 0.25) is 106 Å². The molecule has 19 atom stereocenters. The number of phenolic OH excluding ortho intramolecular Hbond substituents is 3. The van der Waals surface area contributed by atoms with E-state index < -0.39 is 294 Å². The average Bonchev–Trinajstić information content (AvgIpc) is 0.808. The number of hydrogen-bond donors (Lipinski definition) is 32. The highest BCUT2D eigenvalue weighted by Crippen LogP contribution is 2.27. The van der Waals surface area contributed by atoms with E-state index in [4.69, 9.17) is 56.4 Å². The van der Waals surface area contributed by atoms with Crippen molar-refractivity contribution in [2.45, 2.75) is 296 Å². The van der Waals surface area contributed by atoms with E-state index in [-0.39, 0.29) is 113 Å². The first-order valence-electron chi connectivity index (χ1n) is 48.3. The molecule has 0 fully saturated rings. The van der Waals surface area contributed by atoms with E-state index in [9.17, 15) is 112 Å². The number of rotatable bonds is 64. The van der Waals surface area contributed by atoms with Crippen molar-refractivity contribution in [2.75, 3.05) is 26.7 Å². The molecule has 0 saturated carbocycles. The normalized spacial score (nSPS) is 15.1. The maximum Gasteiger partial charge on any atom is 0.326 e. The third kappa shape index (κ3) is 45.3. The van der Waals surface area contributed by atoms with Gasteiger partial charge in [-0.2, -0.15) is 0 Å². The molecule has 0 heterocycles. The number of aliphatic hydroxyl groups is 1. The average molecular weight is 2070 g/mol. The van der Waals surface area contributed by atoms with Crippen LogP contribution in [0.4, 0.5) is 0 Å². The molecule has 0 radical (unpaired) electrons. The van der Waals surface area contributed by atoms with Crippen LogP contribution in [0.2, 0.25) is 0 Å². The van der Waals surface area contributed by atoms with Gasteiger partial charge in [-0.05, 0) is 154 Å². The van der Waals surface area contributed by atoms with Gasteiger partial charge < -0.3 is 161 Å². The molecule has 0 saturated heterocycles. The van der Waals surface area contributed by atoms with Crippen LogP contribution in [0.1, 0.15) is 190 Å². The first-order chi connectivity index (χ1) is 68.7. The topological polar surface area (TPSA) is 887 Å². The highest BCUT2D eigenvalue weighted by Gasteiger charge is 2.44. The minimum absolute atomic E-state index is 0.00325. The van der Waals surface area contributed by atoms with Gasteiger partial charge in [0, 0.05) is 45.9 Å². The number of phenols is 3. The zero-order chi connectivity index (χ0) is 111. The standard InChI is InChI=1S/C95H152N28O24/c1-15-48(7)72(120-84(139)64(42-53-25-31-56(126)32-26-53)115-81(136)65(44-69(98)129)116-78(133)61(22-19-39-108-94(104)105)112-85(140)71(47(5)6)119-76(131)50(9)109-89(144)75(95(11,12)13)123(14)90(145)58(96)41-52-23-29-55(125)30-24-52)86(141)117-66(45-70(99)130)82(137)114-63(40-46(3)4)83(138)121-73(49(8)16-2)87(142)122-74(51(10)124)88(143)113-60(21-18-38-107-93(102)103)77(132)111-62(35-36-68(97)128)80(135)110-59(20-17-37-106-92(100)101)79(134)118-67(91(146)147)43-54-27-33-57(127)34-28-54/h23-34,46-51,58-67,71-75,124-127H,15-22,35-45,96H2,1-14H3,(H2,97,128)(H2,98,129)(H2,99,130)(H,109,144)(H,110,135)(H,111,132)(H,112,140)(H,113,143)(H,114,137)(H,115,136)(H,116,133)(H,117,141)(H,118,134)(H,119,131)(H,120,139)(H,121,138)(H,122,142)(H,146,147)(H4,100,101,106)(H4,102,103,107)(H4,104,105,108)/t48-,49-,50-,51+,58-,59-,60-,61-,62-,63-,64-,65-,66-,67-,71-,72-,73-,74-,75+/m0/s1. The van der Waals surface area contributed by atoms with Gasteiger partial charge in [0.05, 0.1) is 25.0 Å². The number of nitrogens with one attached hydrogen (secondary N) is 20. The van der Waals surface area contributed by atoms with Gasteiger partial charge in [-0.25, -0.2) is 4.79 Å². The van der Waals surface area contributed by atoms with Crippen LogP contribution >= 0.6 is 0 Å². The Balaban J connectivity index is 2.01. The summed E-state index contributed by atoms with van der Waals surface area (Å²) >= 11 is 0. The Morgan fingerprint density at radius 3 is 1.01 bits per heavy atom. The van der Waals surface area contributed by atoms with Gasteiger partial charge in [0.1, 0.15) is 108 Å². The lowest BCUT2D eigenvalue weighted by Crippen LogP contribution is -2.63. The number of guanidine groups is 3. The molecule has 0 aromatic heterocycles. The van der Waals surface area contributed by atoms with E-state index in [1.54, 1.807) is 74.4 Å². The van der Waals surface area contributed by atoms with E-state index >= 15 is 4.79 Å². The third-order valence-corrected chi connectivity index (χ3v) is 23.7. The fraction of sp³-hybridized carbons (Fsp3) is 0.579. The second-order valence-corrected chi connectivity index (χ2v) is 38.2. The summed E-state index contributed by atoms with van der Waals surface area (Å²) in [6, 6.07) is -9.48. The fourth-order valence-electron chi connectivity index (χ4n) is 15.3. The molecule has 18 amide bonds. The molecule has 0 bridgehead atoms. The summed E-state index contributed by atoms with van der Waals surface area (Å²) in [4.78, 5) is 270. The molecule has 0 unspecified atom stereocenters. The van der Waals surface area contributed by atoms with Crippen molar-refractivity contribution < 1.29 is 117 Å². The molecular weight excluding hydrogens is 1920 g/mol. The largest absolute Gasteiger partial charge is 0.508 e. The number of likely N-dealkylation sites (N-methyl/N-ethyl adjacent to an activating group) is 1. The van der Waals surface area contributed by atoms with Gasteiger partial charge >= 0.3 is 5.97 Å². The van der Waals surface area contributed by atoms with Gasteiger partial charge in [0.25, 0.3) is 0 Å². The van der Waals surface area contributed by atoms with Crippen LogP contribution in [0.25, 0.3) is 0 Å². The number of aromatic hydroxyl groups is 3. The predicted octanol–water partition coefficient (Wildman–Crippen LogP) is -6.10. The maximum atomic E-state index is 15.1. The van der Waals surface area contributed by atoms with E-state index in [2.05, 4.69) is 90.4 Å². The molecule has 3 aromatic carbocycles. The Bertz CT molecular complexity index is 5020. The summed E-state index contributed by atoms with van der Waals surface area (Å²) in [5, 5.41) is 117. The van der Waals surface area contributed by atoms with Crippen LogP contribution in [0, 0.1) is 45.3 Å². The zero-order valence-electron chi connectivity index (χ0n) is 85.5. The van der Waals surface area contributed by atoms with Crippen LogP contribution in [0.3, 0.4) is 0 Å². The molecule has 0 aliphatic rings. The summed E-state index contributed by atoms with van der Waals surface area (Å²) in [7, 11) is 1.38. The number of aliphatic carboxylic acids is 1. The van der Waals surface area contributed by atoms with Crippen molar-refractivity contribution in [1.82, 2.24) is 95.3 Å². The molecule has 816 valence electrons. The maximum absolute atomic E-state index is 15.1. The smallest absolute Gasteiger partial charge is 0.326 e. The highest BCUT2D eigenvalue weighted by atomic mass is 16.4. The second-order valence-electron chi connectivity index (χ2n) is 38.2. The van der Waals surface area contributed by atoms with Crippen molar-refractivity contribution in [3.05, 3.63) is 89.5 Å². The van der Waals surface area contributed by atoms with Crippen LogP contribution < -0.4 is 131 Å². The Labute approximate surface area is 852 Å². The number of carboxylic acid groups (broad SMARTS) is 1. The number of carbonyl (C=O) groups is 19.